The Morgan fingerprint density at radius 2 is 1.86 bits per heavy atom. The predicted octanol–water partition coefficient (Wildman–Crippen LogP) is 0.843. The number of hydrogen-bond donors (Lipinski definition) is 2. The van der Waals surface area contributed by atoms with E-state index >= 15 is 0 Å². The molecule has 2 heterocycles. The van der Waals surface area contributed by atoms with Crippen LogP contribution in [0.3, 0.4) is 0 Å². The summed E-state index contributed by atoms with van der Waals surface area (Å²) in [5.74, 6) is -0.116. The zero-order valence-electron chi connectivity index (χ0n) is 13.6. The molecule has 0 bridgehead atoms. The summed E-state index contributed by atoms with van der Waals surface area (Å²) in [5, 5.41) is 20.4. The highest BCUT2D eigenvalue weighted by atomic mass is 16.3. The molecule has 0 unspecified atom stereocenters. The minimum absolute atomic E-state index is 0.0448. The Labute approximate surface area is 127 Å². The normalized spacial score (nSPS) is 30.0. The van der Waals surface area contributed by atoms with E-state index in [1.165, 1.54) is 0 Å². The summed E-state index contributed by atoms with van der Waals surface area (Å²) in [4.78, 5) is 16.6. The lowest BCUT2D eigenvalue weighted by Crippen LogP contribution is -2.60. The SMILES string of the molecule is CC(C)(C)CN1CCC[C@@](O)(CN2CCC(O)CC2)C1=O. The average molecular weight is 298 g/mol. The number of rotatable bonds is 3. The summed E-state index contributed by atoms with van der Waals surface area (Å²) >= 11 is 0. The second kappa shape index (κ2) is 6.23. The predicted molar refractivity (Wildman–Crippen MR) is 81.9 cm³/mol. The van der Waals surface area contributed by atoms with Gasteiger partial charge in [-0.3, -0.25) is 9.69 Å². The first-order valence-corrected chi connectivity index (χ1v) is 8.12. The highest BCUT2D eigenvalue weighted by Crippen LogP contribution is 2.27. The minimum Gasteiger partial charge on any atom is -0.393 e. The van der Waals surface area contributed by atoms with E-state index in [9.17, 15) is 15.0 Å². The molecule has 5 nitrogen and oxygen atoms in total. The summed E-state index contributed by atoms with van der Waals surface area (Å²) in [6, 6.07) is 0. The van der Waals surface area contributed by atoms with Crippen LogP contribution in [-0.2, 0) is 4.79 Å². The lowest BCUT2D eigenvalue weighted by atomic mass is 9.88. The molecule has 0 aromatic heterocycles. The van der Waals surface area contributed by atoms with Gasteiger partial charge in [0.25, 0.3) is 5.91 Å². The van der Waals surface area contributed by atoms with Gasteiger partial charge in [0.15, 0.2) is 5.60 Å². The number of aliphatic hydroxyl groups is 2. The van der Waals surface area contributed by atoms with E-state index < -0.39 is 5.60 Å². The first-order chi connectivity index (χ1) is 9.70. The standard InChI is InChI=1S/C16H30N2O3/c1-15(2,3)11-18-8-4-7-16(21,14(18)20)12-17-9-5-13(19)6-10-17/h13,19,21H,4-12H2,1-3H3/t16-/m1/s1. The van der Waals surface area contributed by atoms with E-state index in [-0.39, 0.29) is 17.4 Å². The van der Waals surface area contributed by atoms with E-state index in [0.29, 0.717) is 19.5 Å². The lowest BCUT2D eigenvalue weighted by molar-refractivity contribution is -0.161. The van der Waals surface area contributed by atoms with E-state index in [0.717, 1.165) is 38.9 Å². The second-order valence-electron chi connectivity index (χ2n) is 7.93. The zero-order valence-corrected chi connectivity index (χ0v) is 13.6. The van der Waals surface area contributed by atoms with E-state index in [2.05, 4.69) is 25.7 Å². The number of carbonyl (C=O) groups is 1. The van der Waals surface area contributed by atoms with Crippen molar-refractivity contribution in [1.29, 1.82) is 0 Å². The van der Waals surface area contributed by atoms with Crippen LogP contribution >= 0.6 is 0 Å². The molecule has 0 aromatic carbocycles. The van der Waals surface area contributed by atoms with Gasteiger partial charge in [-0.05, 0) is 31.1 Å². The topological polar surface area (TPSA) is 64.0 Å². The Balaban J connectivity index is 1.98. The molecule has 0 spiro atoms. The molecule has 21 heavy (non-hydrogen) atoms. The van der Waals surface area contributed by atoms with Crippen LogP contribution in [0.15, 0.2) is 0 Å². The maximum Gasteiger partial charge on any atom is 0.255 e. The molecule has 2 fully saturated rings. The van der Waals surface area contributed by atoms with Gasteiger partial charge in [0, 0.05) is 32.7 Å². The van der Waals surface area contributed by atoms with Gasteiger partial charge in [-0.25, -0.2) is 0 Å². The fraction of sp³-hybridized carbons (Fsp3) is 0.938. The smallest absolute Gasteiger partial charge is 0.255 e. The van der Waals surface area contributed by atoms with Crippen LogP contribution in [0.5, 0.6) is 0 Å². The molecule has 2 aliphatic rings. The molecule has 1 amide bonds. The molecule has 2 saturated heterocycles. The number of carbonyl (C=O) groups excluding carboxylic acids is 1. The molecule has 2 rings (SSSR count). The van der Waals surface area contributed by atoms with Gasteiger partial charge in [-0.2, -0.15) is 0 Å². The highest BCUT2D eigenvalue weighted by Gasteiger charge is 2.44. The average Bonchev–Trinajstić information content (AvgIpc) is 2.37. The monoisotopic (exact) mass is 298 g/mol. The minimum atomic E-state index is -1.24. The Hall–Kier alpha value is -0.650. The van der Waals surface area contributed by atoms with Crippen LogP contribution < -0.4 is 0 Å². The van der Waals surface area contributed by atoms with Crippen molar-refractivity contribution < 1.29 is 15.0 Å². The first-order valence-electron chi connectivity index (χ1n) is 8.12. The fourth-order valence-corrected chi connectivity index (χ4v) is 3.38. The van der Waals surface area contributed by atoms with Crippen molar-refractivity contribution in [2.75, 3.05) is 32.7 Å². The second-order valence-corrected chi connectivity index (χ2v) is 7.93. The number of aliphatic hydroxyl groups excluding tert-OH is 1. The van der Waals surface area contributed by atoms with Crippen molar-refractivity contribution in [2.24, 2.45) is 5.41 Å². The van der Waals surface area contributed by atoms with Crippen molar-refractivity contribution in [2.45, 2.75) is 58.2 Å². The Morgan fingerprint density at radius 1 is 1.24 bits per heavy atom. The van der Waals surface area contributed by atoms with Crippen molar-refractivity contribution >= 4 is 5.91 Å². The Bertz CT molecular complexity index is 372. The lowest BCUT2D eigenvalue weighted by Gasteiger charge is -2.43. The molecule has 2 N–H and O–H groups in total. The molecule has 0 saturated carbocycles. The number of piperidine rings is 2. The van der Waals surface area contributed by atoms with Gasteiger partial charge in [0.1, 0.15) is 0 Å². The summed E-state index contributed by atoms with van der Waals surface area (Å²) in [7, 11) is 0. The number of hydrogen-bond acceptors (Lipinski definition) is 4. The molecular formula is C16H30N2O3. The molecule has 0 aliphatic carbocycles. The Kier molecular flexibility index (Phi) is 4.96. The summed E-state index contributed by atoms with van der Waals surface area (Å²) < 4.78 is 0. The highest BCUT2D eigenvalue weighted by molar-refractivity contribution is 5.86. The summed E-state index contributed by atoms with van der Waals surface area (Å²) in [6.07, 6.45) is 2.64. The molecule has 2 aliphatic heterocycles. The summed E-state index contributed by atoms with van der Waals surface area (Å²) in [6.45, 7) is 9.69. The van der Waals surface area contributed by atoms with Crippen LogP contribution in [0.4, 0.5) is 0 Å². The van der Waals surface area contributed by atoms with Crippen LogP contribution in [0.2, 0.25) is 0 Å². The van der Waals surface area contributed by atoms with Crippen LogP contribution in [0.1, 0.15) is 46.5 Å². The molecule has 0 radical (unpaired) electrons. The third kappa shape index (κ3) is 4.41. The number of β-amino-alcohol motifs (C(OH)–C–C–N with tert-alkyl or cyclic N) is 1. The molecular weight excluding hydrogens is 268 g/mol. The maximum atomic E-state index is 12.7. The van der Waals surface area contributed by atoms with Gasteiger partial charge in [-0.1, -0.05) is 20.8 Å². The van der Waals surface area contributed by atoms with E-state index in [1.807, 2.05) is 4.90 Å². The van der Waals surface area contributed by atoms with Crippen molar-refractivity contribution in [3.05, 3.63) is 0 Å². The van der Waals surface area contributed by atoms with Gasteiger partial charge in [-0.15, -0.1) is 0 Å². The zero-order chi connectivity index (χ0) is 15.7. The number of likely N-dealkylation sites (tertiary alicyclic amines) is 2. The fourth-order valence-electron chi connectivity index (χ4n) is 3.38. The third-order valence-corrected chi connectivity index (χ3v) is 4.41. The van der Waals surface area contributed by atoms with Gasteiger partial charge in [0.2, 0.25) is 0 Å². The van der Waals surface area contributed by atoms with Crippen LogP contribution in [-0.4, -0.2) is 70.3 Å². The third-order valence-electron chi connectivity index (χ3n) is 4.41. The van der Waals surface area contributed by atoms with Gasteiger partial charge in [0.05, 0.1) is 6.10 Å². The maximum absolute atomic E-state index is 12.7. The van der Waals surface area contributed by atoms with E-state index in [4.69, 9.17) is 0 Å². The van der Waals surface area contributed by atoms with E-state index in [1.54, 1.807) is 0 Å². The molecule has 122 valence electrons. The van der Waals surface area contributed by atoms with Crippen molar-refractivity contribution in [1.82, 2.24) is 9.80 Å². The number of nitrogens with zero attached hydrogens (tertiary/aromatic N) is 2. The van der Waals surface area contributed by atoms with Gasteiger partial charge >= 0.3 is 0 Å². The van der Waals surface area contributed by atoms with Crippen molar-refractivity contribution in [3.8, 4) is 0 Å². The first kappa shape index (κ1) is 16.7. The van der Waals surface area contributed by atoms with Crippen LogP contribution in [0, 0.1) is 5.41 Å². The quantitative estimate of drug-likeness (QED) is 0.810. The molecule has 5 heteroatoms. The number of amides is 1. The largest absolute Gasteiger partial charge is 0.393 e. The van der Waals surface area contributed by atoms with Crippen molar-refractivity contribution in [3.63, 3.8) is 0 Å². The van der Waals surface area contributed by atoms with Crippen LogP contribution in [0.25, 0.3) is 0 Å². The molecule has 1 atom stereocenters. The molecule has 0 aromatic rings. The van der Waals surface area contributed by atoms with Gasteiger partial charge < -0.3 is 15.1 Å². The summed E-state index contributed by atoms with van der Waals surface area (Å²) in [5.41, 5.74) is -1.20. The Morgan fingerprint density at radius 3 is 2.43 bits per heavy atom.